The number of nitrogens with one attached hydrogen (secondary N) is 2. The molecule has 0 atom stereocenters. The maximum atomic E-state index is 12.2. The monoisotopic (exact) mass is 408 g/mol. The Balaban J connectivity index is 1.86. The first-order valence-corrected chi connectivity index (χ1v) is 9.05. The molecule has 0 fully saturated rings. The number of anilines is 2. The van der Waals surface area contributed by atoms with Crippen LogP contribution in [0, 0.1) is 0 Å². The number of benzene rings is 1. The third kappa shape index (κ3) is 6.24. The van der Waals surface area contributed by atoms with Gasteiger partial charge in [0.15, 0.2) is 0 Å². The van der Waals surface area contributed by atoms with Crippen LogP contribution in [0.1, 0.15) is 26.5 Å². The molecule has 0 spiro atoms. The Hall–Kier alpha value is -2.58. The highest BCUT2D eigenvalue weighted by atomic mass is 35.5. The number of methoxy groups -OCH3 is 1. The topological polar surface area (TPSA) is 96.7 Å². The molecule has 0 radical (unpaired) electrons. The van der Waals surface area contributed by atoms with E-state index in [4.69, 9.17) is 20.9 Å². The molecular formula is C19H25ClN4O4. The van der Waals surface area contributed by atoms with Gasteiger partial charge >= 0.3 is 0 Å². The van der Waals surface area contributed by atoms with Crippen LogP contribution < -0.4 is 15.4 Å². The third-order valence-electron chi connectivity index (χ3n) is 3.80. The first-order chi connectivity index (χ1) is 13.1. The van der Waals surface area contributed by atoms with Crippen LogP contribution in [0.3, 0.4) is 0 Å². The number of nitrogens with zero attached hydrogens (tertiary/aromatic N) is 2. The number of aromatic nitrogens is 1. The van der Waals surface area contributed by atoms with E-state index in [0.29, 0.717) is 16.5 Å². The second-order valence-electron chi connectivity index (χ2n) is 7.44. The number of amides is 2. The first-order valence-electron chi connectivity index (χ1n) is 8.67. The third-order valence-corrected chi connectivity index (χ3v) is 4.04. The summed E-state index contributed by atoms with van der Waals surface area (Å²) in [5.74, 6) is 0.160. The van der Waals surface area contributed by atoms with E-state index in [-0.39, 0.29) is 36.2 Å². The minimum absolute atomic E-state index is 0.00561. The SMILES string of the molecule is COc1ccc(Cl)cc1NC(=O)CN(C)CC(=O)Nc1cc(C(C)(C)C)no1. The summed E-state index contributed by atoms with van der Waals surface area (Å²) in [5.41, 5.74) is 1.03. The van der Waals surface area contributed by atoms with Gasteiger partial charge in [0.2, 0.25) is 17.7 Å². The lowest BCUT2D eigenvalue weighted by atomic mass is 9.92. The highest BCUT2D eigenvalue weighted by molar-refractivity contribution is 6.31. The number of rotatable bonds is 7. The molecule has 0 aliphatic heterocycles. The van der Waals surface area contributed by atoms with Gasteiger partial charge in [0.1, 0.15) is 5.75 Å². The molecule has 9 heteroatoms. The summed E-state index contributed by atoms with van der Waals surface area (Å²) in [5, 5.41) is 9.79. The zero-order valence-corrected chi connectivity index (χ0v) is 17.4. The second-order valence-corrected chi connectivity index (χ2v) is 7.88. The van der Waals surface area contributed by atoms with Gasteiger partial charge in [-0.1, -0.05) is 37.5 Å². The lowest BCUT2D eigenvalue weighted by Gasteiger charge is -2.16. The number of hydrogen-bond donors (Lipinski definition) is 2. The molecule has 152 valence electrons. The zero-order valence-electron chi connectivity index (χ0n) is 16.6. The van der Waals surface area contributed by atoms with Crippen molar-refractivity contribution >= 4 is 35.0 Å². The molecule has 0 aliphatic carbocycles. The van der Waals surface area contributed by atoms with Gasteiger partial charge in [-0.2, -0.15) is 0 Å². The van der Waals surface area contributed by atoms with E-state index in [9.17, 15) is 9.59 Å². The van der Waals surface area contributed by atoms with Crippen LogP contribution in [-0.2, 0) is 15.0 Å². The fourth-order valence-electron chi connectivity index (χ4n) is 2.38. The van der Waals surface area contributed by atoms with Crippen LogP contribution in [0.5, 0.6) is 5.75 Å². The Morgan fingerprint density at radius 3 is 2.39 bits per heavy atom. The van der Waals surface area contributed by atoms with Crippen molar-refractivity contribution in [2.45, 2.75) is 26.2 Å². The average Bonchev–Trinajstić information content (AvgIpc) is 3.03. The molecule has 1 aromatic heterocycles. The summed E-state index contributed by atoms with van der Waals surface area (Å²) < 4.78 is 10.3. The quantitative estimate of drug-likeness (QED) is 0.730. The van der Waals surface area contributed by atoms with Gasteiger partial charge in [-0.25, -0.2) is 0 Å². The summed E-state index contributed by atoms with van der Waals surface area (Å²) in [6.07, 6.45) is 0. The fraction of sp³-hybridized carbons (Fsp3) is 0.421. The highest BCUT2D eigenvalue weighted by Gasteiger charge is 2.20. The van der Waals surface area contributed by atoms with Crippen LogP contribution in [0.2, 0.25) is 5.02 Å². The highest BCUT2D eigenvalue weighted by Crippen LogP contribution is 2.27. The van der Waals surface area contributed by atoms with Crippen LogP contribution >= 0.6 is 11.6 Å². The normalized spacial score (nSPS) is 11.4. The van der Waals surface area contributed by atoms with Gasteiger partial charge < -0.3 is 14.6 Å². The van der Waals surface area contributed by atoms with Crippen molar-refractivity contribution in [3.05, 3.63) is 35.0 Å². The van der Waals surface area contributed by atoms with E-state index in [1.807, 2.05) is 20.8 Å². The van der Waals surface area contributed by atoms with E-state index in [2.05, 4.69) is 15.8 Å². The van der Waals surface area contributed by atoms with Crippen molar-refractivity contribution in [2.24, 2.45) is 0 Å². The molecule has 0 bridgehead atoms. The fourth-order valence-corrected chi connectivity index (χ4v) is 2.55. The molecule has 2 N–H and O–H groups in total. The Kier molecular flexibility index (Phi) is 7.04. The lowest BCUT2D eigenvalue weighted by Crippen LogP contribution is -2.36. The molecule has 0 unspecified atom stereocenters. The summed E-state index contributed by atoms with van der Waals surface area (Å²) in [4.78, 5) is 26.0. The maximum absolute atomic E-state index is 12.2. The van der Waals surface area contributed by atoms with E-state index >= 15 is 0 Å². The van der Waals surface area contributed by atoms with E-state index < -0.39 is 0 Å². The smallest absolute Gasteiger partial charge is 0.240 e. The molecule has 0 saturated carbocycles. The van der Waals surface area contributed by atoms with E-state index in [1.165, 1.54) is 7.11 Å². The summed E-state index contributed by atoms with van der Waals surface area (Å²) in [6.45, 7) is 6.01. The number of carbonyl (C=O) groups excluding carboxylic acids is 2. The Bertz CT molecular complexity index is 845. The Labute approximate surface area is 169 Å². The van der Waals surface area contributed by atoms with Crippen molar-refractivity contribution in [3.63, 3.8) is 0 Å². The molecule has 28 heavy (non-hydrogen) atoms. The average molecular weight is 409 g/mol. The molecule has 1 heterocycles. The number of ether oxygens (including phenoxy) is 1. The van der Waals surface area contributed by atoms with Crippen molar-refractivity contribution in [1.82, 2.24) is 10.1 Å². The second kappa shape index (κ2) is 9.07. The molecule has 2 aromatic rings. The minimum atomic E-state index is -0.313. The summed E-state index contributed by atoms with van der Waals surface area (Å²) in [7, 11) is 3.17. The first kappa shape index (κ1) is 21.7. The van der Waals surface area contributed by atoms with Crippen molar-refractivity contribution in [2.75, 3.05) is 37.9 Å². The standard InChI is InChI=1S/C19H25ClN4O4/c1-19(2,3)15-9-18(28-23-15)22-17(26)11-24(4)10-16(25)21-13-8-12(20)6-7-14(13)27-5/h6-9H,10-11H2,1-5H3,(H,21,25)(H,22,26). The van der Waals surface area contributed by atoms with Crippen molar-refractivity contribution in [1.29, 1.82) is 0 Å². The van der Waals surface area contributed by atoms with E-state index in [0.717, 1.165) is 5.69 Å². The van der Waals surface area contributed by atoms with E-state index in [1.54, 1.807) is 36.2 Å². The molecule has 2 amide bonds. The number of hydrogen-bond acceptors (Lipinski definition) is 6. The van der Waals surface area contributed by atoms with Crippen LogP contribution in [0.15, 0.2) is 28.8 Å². The number of carbonyl (C=O) groups is 2. The van der Waals surface area contributed by atoms with Gasteiger partial charge in [-0.3, -0.25) is 19.8 Å². The lowest BCUT2D eigenvalue weighted by molar-refractivity contribution is -0.119. The van der Waals surface area contributed by atoms with Crippen molar-refractivity contribution in [3.8, 4) is 5.75 Å². The molecule has 8 nitrogen and oxygen atoms in total. The van der Waals surface area contributed by atoms with Crippen molar-refractivity contribution < 1.29 is 18.8 Å². The van der Waals surface area contributed by atoms with Gasteiger partial charge in [0.05, 0.1) is 31.6 Å². The molecular weight excluding hydrogens is 384 g/mol. The van der Waals surface area contributed by atoms with Gasteiger partial charge in [0, 0.05) is 16.5 Å². The number of halogens is 1. The molecule has 1 aromatic carbocycles. The Morgan fingerprint density at radius 2 is 1.82 bits per heavy atom. The van der Waals surface area contributed by atoms with Crippen LogP contribution in [0.4, 0.5) is 11.6 Å². The predicted octanol–water partition coefficient (Wildman–Crippen LogP) is 3.14. The van der Waals surface area contributed by atoms with Gasteiger partial charge in [-0.05, 0) is 25.2 Å². The maximum Gasteiger partial charge on any atom is 0.240 e. The summed E-state index contributed by atoms with van der Waals surface area (Å²) in [6, 6.07) is 6.62. The Morgan fingerprint density at radius 1 is 1.18 bits per heavy atom. The van der Waals surface area contributed by atoms with Crippen LogP contribution in [-0.4, -0.2) is 49.1 Å². The number of likely N-dealkylation sites (N-methyl/N-ethyl adjacent to an activating group) is 1. The van der Waals surface area contributed by atoms with Gasteiger partial charge in [0.25, 0.3) is 0 Å². The molecule has 0 aliphatic rings. The summed E-state index contributed by atoms with van der Waals surface area (Å²) >= 11 is 5.95. The largest absolute Gasteiger partial charge is 0.495 e. The minimum Gasteiger partial charge on any atom is -0.495 e. The zero-order chi connectivity index (χ0) is 20.9. The van der Waals surface area contributed by atoms with Crippen LogP contribution in [0.25, 0.3) is 0 Å². The molecule has 0 saturated heterocycles. The van der Waals surface area contributed by atoms with Gasteiger partial charge in [-0.15, -0.1) is 0 Å². The molecule has 2 rings (SSSR count). The predicted molar refractivity (Wildman–Crippen MR) is 108 cm³/mol.